The largest absolute Gasteiger partial charge is 0.379 e. The molecule has 24 heavy (non-hydrogen) atoms. The highest BCUT2D eigenvalue weighted by molar-refractivity contribution is 5.84. The van der Waals surface area contributed by atoms with E-state index in [1.165, 1.54) is 0 Å². The molecule has 1 unspecified atom stereocenters. The zero-order valence-corrected chi connectivity index (χ0v) is 15.6. The van der Waals surface area contributed by atoms with E-state index in [2.05, 4.69) is 37.1 Å². The molecule has 1 aromatic carbocycles. The zero-order chi connectivity index (χ0) is 17.7. The van der Waals surface area contributed by atoms with E-state index < -0.39 is 0 Å². The monoisotopic (exact) mass is 333 g/mol. The molecule has 1 aliphatic heterocycles. The average Bonchev–Trinajstić information content (AvgIpc) is 2.49. The van der Waals surface area contributed by atoms with Crippen LogP contribution in [0.5, 0.6) is 0 Å². The van der Waals surface area contributed by atoms with Crippen molar-refractivity contribution in [3.63, 3.8) is 0 Å². The maximum Gasteiger partial charge on any atom is 0.242 e. The van der Waals surface area contributed by atoms with Crippen LogP contribution >= 0.6 is 0 Å². The smallest absolute Gasteiger partial charge is 0.242 e. The predicted molar refractivity (Wildman–Crippen MR) is 97.1 cm³/mol. The van der Waals surface area contributed by atoms with Gasteiger partial charge in [-0.05, 0) is 46.0 Å². The third-order valence-corrected chi connectivity index (χ3v) is 4.43. The van der Waals surface area contributed by atoms with Crippen molar-refractivity contribution < 1.29 is 9.53 Å². The summed E-state index contributed by atoms with van der Waals surface area (Å²) in [7, 11) is 3.90. The van der Waals surface area contributed by atoms with Gasteiger partial charge in [-0.3, -0.25) is 14.6 Å². The molecule has 1 amide bonds. The topological polar surface area (TPSA) is 44.8 Å². The van der Waals surface area contributed by atoms with Crippen LogP contribution in [0.25, 0.3) is 0 Å². The molecule has 0 aliphatic carbocycles. The summed E-state index contributed by atoms with van der Waals surface area (Å²) in [6.45, 7) is 10.5. The van der Waals surface area contributed by atoms with Gasteiger partial charge in [0, 0.05) is 25.2 Å². The molecule has 0 saturated carbocycles. The molecule has 1 aromatic rings. The molecule has 0 radical (unpaired) electrons. The molecule has 1 saturated heterocycles. The van der Waals surface area contributed by atoms with E-state index in [4.69, 9.17) is 4.74 Å². The molecule has 5 heteroatoms. The van der Waals surface area contributed by atoms with Crippen LogP contribution in [-0.2, 0) is 9.53 Å². The first-order chi connectivity index (χ1) is 11.3. The molecule has 1 atom stereocenters. The second-order valence-corrected chi connectivity index (χ2v) is 7.48. The lowest BCUT2D eigenvalue weighted by Crippen LogP contribution is -2.55. The lowest BCUT2D eigenvalue weighted by atomic mass is 9.97. The van der Waals surface area contributed by atoms with Crippen LogP contribution in [0, 0.1) is 6.92 Å². The Morgan fingerprint density at radius 1 is 1.29 bits per heavy atom. The Kier molecular flexibility index (Phi) is 6.38. The lowest BCUT2D eigenvalue weighted by Gasteiger charge is -2.37. The van der Waals surface area contributed by atoms with Gasteiger partial charge in [-0.25, -0.2) is 0 Å². The van der Waals surface area contributed by atoms with Crippen LogP contribution in [0.2, 0.25) is 0 Å². The number of hydrogen-bond acceptors (Lipinski definition) is 4. The summed E-state index contributed by atoms with van der Waals surface area (Å²) < 4.78 is 5.40. The number of morpholine rings is 1. The van der Waals surface area contributed by atoms with Gasteiger partial charge >= 0.3 is 0 Å². The maximum absolute atomic E-state index is 13.0. The van der Waals surface area contributed by atoms with Crippen LogP contribution in [0.1, 0.15) is 31.0 Å². The average molecular weight is 333 g/mol. The number of rotatable bonds is 6. The fourth-order valence-corrected chi connectivity index (χ4v) is 3.31. The summed E-state index contributed by atoms with van der Waals surface area (Å²) in [5.74, 6) is 0.0487. The normalized spacial score (nSPS) is 17.8. The van der Waals surface area contributed by atoms with E-state index in [-0.39, 0.29) is 17.5 Å². The number of nitrogens with zero attached hydrogens (tertiary/aromatic N) is 2. The highest BCUT2D eigenvalue weighted by atomic mass is 16.5. The molecule has 134 valence electrons. The van der Waals surface area contributed by atoms with Gasteiger partial charge in [-0.15, -0.1) is 0 Å². The first-order valence-electron chi connectivity index (χ1n) is 8.64. The molecule has 0 aromatic heterocycles. The highest BCUT2D eigenvalue weighted by Crippen LogP contribution is 2.23. The summed E-state index contributed by atoms with van der Waals surface area (Å²) in [5, 5.41) is 3.25. The molecule has 5 nitrogen and oxygen atoms in total. The van der Waals surface area contributed by atoms with E-state index in [0.717, 1.165) is 44.0 Å². The Morgan fingerprint density at radius 3 is 2.50 bits per heavy atom. The lowest BCUT2D eigenvalue weighted by molar-refractivity contribution is -0.127. The third kappa shape index (κ3) is 5.03. The quantitative estimate of drug-likeness (QED) is 0.863. The van der Waals surface area contributed by atoms with Crippen molar-refractivity contribution >= 4 is 5.91 Å². The summed E-state index contributed by atoms with van der Waals surface area (Å²) in [5.41, 5.74) is 1.91. The van der Waals surface area contributed by atoms with Crippen LogP contribution in [0.3, 0.4) is 0 Å². The Hall–Kier alpha value is -1.43. The van der Waals surface area contributed by atoms with Crippen molar-refractivity contribution in [2.45, 2.75) is 32.4 Å². The van der Waals surface area contributed by atoms with Gasteiger partial charge in [0.2, 0.25) is 5.91 Å². The zero-order valence-electron chi connectivity index (χ0n) is 15.6. The van der Waals surface area contributed by atoms with Gasteiger partial charge in [-0.1, -0.05) is 24.3 Å². The highest BCUT2D eigenvalue weighted by Gasteiger charge is 2.30. The number of nitrogens with one attached hydrogen (secondary N) is 1. The van der Waals surface area contributed by atoms with E-state index in [1.807, 2.05) is 37.2 Å². The molecule has 0 spiro atoms. The van der Waals surface area contributed by atoms with Gasteiger partial charge in [0.05, 0.1) is 13.2 Å². The number of carbonyl (C=O) groups excluding carboxylic acids is 1. The van der Waals surface area contributed by atoms with Crippen LogP contribution in [0.15, 0.2) is 24.3 Å². The summed E-state index contributed by atoms with van der Waals surface area (Å²) in [4.78, 5) is 17.3. The Morgan fingerprint density at radius 2 is 1.92 bits per heavy atom. The first kappa shape index (κ1) is 18.9. The number of hydrogen-bond donors (Lipinski definition) is 1. The molecule has 2 rings (SSSR count). The van der Waals surface area contributed by atoms with Gasteiger partial charge in [-0.2, -0.15) is 0 Å². The molecule has 1 N–H and O–H groups in total. The van der Waals surface area contributed by atoms with Crippen LogP contribution in [0.4, 0.5) is 0 Å². The molecule has 1 heterocycles. The summed E-state index contributed by atoms with van der Waals surface area (Å²) >= 11 is 0. The molecule has 1 aliphatic rings. The van der Waals surface area contributed by atoms with Crippen molar-refractivity contribution in [1.82, 2.24) is 15.1 Å². The number of likely N-dealkylation sites (N-methyl/N-ethyl adjacent to an activating group) is 1. The number of benzene rings is 1. The fourth-order valence-electron chi connectivity index (χ4n) is 3.31. The third-order valence-electron chi connectivity index (χ3n) is 4.43. The van der Waals surface area contributed by atoms with Crippen molar-refractivity contribution in [2.75, 3.05) is 46.9 Å². The minimum atomic E-state index is -0.286. The van der Waals surface area contributed by atoms with Gasteiger partial charge in [0.1, 0.15) is 6.04 Å². The first-order valence-corrected chi connectivity index (χ1v) is 8.64. The number of amides is 1. The van der Waals surface area contributed by atoms with Crippen LogP contribution < -0.4 is 5.32 Å². The van der Waals surface area contributed by atoms with Gasteiger partial charge in [0.25, 0.3) is 0 Å². The van der Waals surface area contributed by atoms with E-state index in [0.29, 0.717) is 0 Å². The van der Waals surface area contributed by atoms with Crippen molar-refractivity contribution in [2.24, 2.45) is 0 Å². The van der Waals surface area contributed by atoms with E-state index in [1.54, 1.807) is 0 Å². The SMILES string of the molecule is Cc1ccccc1C(C(=O)NC(C)(C)CN1CCOCC1)N(C)C. The Balaban J connectivity index is 2.08. The van der Waals surface area contributed by atoms with Crippen molar-refractivity contribution in [1.29, 1.82) is 0 Å². The summed E-state index contributed by atoms with van der Waals surface area (Å²) in [6.07, 6.45) is 0. The van der Waals surface area contributed by atoms with Gasteiger partial charge < -0.3 is 10.1 Å². The Labute approximate surface area is 146 Å². The number of ether oxygens (including phenoxy) is 1. The Bertz CT molecular complexity index is 551. The summed E-state index contributed by atoms with van der Waals surface area (Å²) in [6, 6.07) is 7.80. The number of aryl methyl sites for hydroxylation is 1. The molecule has 1 fully saturated rings. The molecular formula is C19H31N3O2. The van der Waals surface area contributed by atoms with Gasteiger partial charge in [0.15, 0.2) is 0 Å². The van der Waals surface area contributed by atoms with E-state index >= 15 is 0 Å². The second kappa shape index (κ2) is 8.10. The van der Waals surface area contributed by atoms with Crippen molar-refractivity contribution in [3.8, 4) is 0 Å². The minimum absolute atomic E-state index is 0.0487. The van der Waals surface area contributed by atoms with E-state index in [9.17, 15) is 4.79 Å². The second-order valence-electron chi connectivity index (χ2n) is 7.48. The number of carbonyl (C=O) groups is 1. The molecule has 0 bridgehead atoms. The predicted octanol–water partition coefficient (Wildman–Crippen LogP) is 1.82. The van der Waals surface area contributed by atoms with Crippen molar-refractivity contribution in [3.05, 3.63) is 35.4 Å². The minimum Gasteiger partial charge on any atom is -0.379 e. The molecular weight excluding hydrogens is 302 g/mol. The van der Waals surface area contributed by atoms with Crippen LogP contribution in [-0.4, -0.2) is 68.2 Å². The fraction of sp³-hybridized carbons (Fsp3) is 0.632. The standard InChI is InChI=1S/C19H31N3O2/c1-15-8-6-7-9-16(15)17(21(4)5)18(23)20-19(2,3)14-22-10-12-24-13-11-22/h6-9,17H,10-14H2,1-5H3,(H,20,23). The maximum atomic E-state index is 13.0.